The molecule has 102 valence electrons. The highest BCUT2D eigenvalue weighted by atomic mass is 79.9. The second kappa shape index (κ2) is 5.51. The molecule has 20 heavy (non-hydrogen) atoms. The highest BCUT2D eigenvalue weighted by Gasteiger charge is 2.17. The molecule has 2 aromatic carbocycles. The molecule has 1 atom stereocenters. The molecular weight excluding hydrogens is 352 g/mol. The van der Waals surface area contributed by atoms with Crippen LogP contribution in [-0.4, -0.2) is 0 Å². The van der Waals surface area contributed by atoms with Crippen LogP contribution >= 0.6 is 38.9 Å². The molecule has 0 aliphatic rings. The van der Waals surface area contributed by atoms with Gasteiger partial charge in [-0.05, 0) is 57.7 Å². The Morgan fingerprint density at radius 3 is 2.50 bits per heavy atom. The van der Waals surface area contributed by atoms with Gasteiger partial charge in [-0.25, -0.2) is 0 Å². The number of hydrogen-bond donors (Lipinski definition) is 0. The molecule has 3 heteroatoms. The predicted octanol–water partition coefficient (Wildman–Crippen LogP) is 6.61. The van der Waals surface area contributed by atoms with Gasteiger partial charge in [-0.3, -0.25) is 0 Å². The molecule has 0 saturated carbocycles. The summed E-state index contributed by atoms with van der Waals surface area (Å²) in [6.07, 6.45) is 0. The first-order valence-electron chi connectivity index (χ1n) is 6.44. The van der Waals surface area contributed by atoms with Crippen LogP contribution in [0.1, 0.15) is 27.6 Å². The highest BCUT2D eigenvalue weighted by Crippen LogP contribution is 2.40. The van der Waals surface area contributed by atoms with Crippen molar-refractivity contribution in [1.82, 2.24) is 0 Å². The first-order valence-corrected chi connectivity index (χ1v) is 8.55. The largest absolute Gasteiger partial charge is 0.142 e. The van der Waals surface area contributed by atoms with Gasteiger partial charge in [0.25, 0.3) is 0 Å². The Hall–Kier alpha value is -0.830. The molecule has 0 bridgehead atoms. The minimum atomic E-state index is -0.100. The molecule has 0 nitrogen and oxygen atoms in total. The van der Waals surface area contributed by atoms with Gasteiger partial charge in [-0.15, -0.1) is 22.9 Å². The number of rotatable bonds is 2. The average Bonchev–Trinajstić information content (AvgIpc) is 2.82. The van der Waals surface area contributed by atoms with Crippen molar-refractivity contribution in [3.05, 3.63) is 68.5 Å². The molecule has 0 aliphatic carbocycles. The second-order valence-electron chi connectivity index (χ2n) is 5.09. The minimum Gasteiger partial charge on any atom is -0.142 e. The summed E-state index contributed by atoms with van der Waals surface area (Å²) >= 11 is 12.1. The van der Waals surface area contributed by atoms with Crippen LogP contribution in [0, 0.1) is 13.8 Å². The summed E-state index contributed by atoms with van der Waals surface area (Å²) in [5.41, 5.74) is 4.87. The lowest BCUT2D eigenvalue weighted by Gasteiger charge is -2.11. The summed E-state index contributed by atoms with van der Waals surface area (Å²) in [7, 11) is 0. The molecule has 0 aliphatic heterocycles. The van der Waals surface area contributed by atoms with Crippen LogP contribution < -0.4 is 0 Å². The van der Waals surface area contributed by atoms with Gasteiger partial charge in [0, 0.05) is 9.17 Å². The van der Waals surface area contributed by atoms with Crippen LogP contribution in [0.2, 0.25) is 0 Å². The molecule has 0 radical (unpaired) electrons. The van der Waals surface area contributed by atoms with Gasteiger partial charge in [0.2, 0.25) is 0 Å². The van der Waals surface area contributed by atoms with Crippen molar-refractivity contribution < 1.29 is 0 Å². The summed E-state index contributed by atoms with van der Waals surface area (Å²) in [6, 6.07) is 12.8. The van der Waals surface area contributed by atoms with E-state index < -0.39 is 0 Å². The smallest absolute Gasteiger partial charge is 0.0849 e. The van der Waals surface area contributed by atoms with Crippen molar-refractivity contribution in [2.75, 3.05) is 0 Å². The molecule has 3 rings (SSSR count). The molecule has 0 amide bonds. The number of halogens is 2. The Bertz CT molecular complexity index is 756. The lowest BCUT2D eigenvalue weighted by atomic mass is 10.00. The molecule has 3 aromatic rings. The summed E-state index contributed by atoms with van der Waals surface area (Å²) < 4.78 is 2.40. The van der Waals surface area contributed by atoms with Crippen LogP contribution in [-0.2, 0) is 0 Å². The second-order valence-corrected chi connectivity index (χ2v) is 7.26. The van der Waals surface area contributed by atoms with Crippen molar-refractivity contribution in [3.63, 3.8) is 0 Å². The Balaban J connectivity index is 2.13. The highest BCUT2D eigenvalue weighted by molar-refractivity contribution is 9.10. The average molecular weight is 366 g/mol. The minimum absolute atomic E-state index is 0.100. The van der Waals surface area contributed by atoms with Crippen molar-refractivity contribution in [2.24, 2.45) is 0 Å². The number of benzene rings is 2. The van der Waals surface area contributed by atoms with Gasteiger partial charge < -0.3 is 0 Å². The van der Waals surface area contributed by atoms with Crippen LogP contribution in [0.4, 0.5) is 0 Å². The van der Waals surface area contributed by atoms with Crippen molar-refractivity contribution in [3.8, 4) is 0 Å². The van der Waals surface area contributed by atoms with E-state index in [1.54, 1.807) is 11.3 Å². The predicted molar refractivity (Wildman–Crippen MR) is 93.1 cm³/mol. The summed E-state index contributed by atoms with van der Waals surface area (Å²) in [4.78, 5) is 0. The quantitative estimate of drug-likeness (QED) is 0.448. The van der Waals surface area contributed by atoms with E-state index in [1.165, 1.54) is 32.3 Å². The zero-order valence-electron chi connectivity index (χ0n) is 11.3. The van der Waals surface area contributed by atoms with Crippen molar-refractivity contribution in [2.45, 2.75) is 19.2 Å². The molecule has 0 N–H and O–H groups in total. The molecular formula is C17H14BrClS. The summed E-state index contributed by atoms with van der Waals surface area (Å²) in [5, 5.41) is 3.31. The normalized spacial score (nSPS) is 12.8. The van der Waals surface area contributed by atoms with E-state index in [-0.39, 0.29) is 5.38 Å². The van der Waals surface area contributed by atoms with Gasteiger partial charge >= 0.3 is 0 Å². The number of hydrogen-bond acceptors (Lipinski definition) is 1. The third kappa shape index (κ3) is 2.52. The molecule has 1 aromatic heterocycles. The fraction of sp³-hybridized carbons (Fsp3) is 0.176. The maximum Gasteiger partial charge on any atom is 0.0849 e. The fourth-order valence-electron chi connectivity index (χ4n) is 2.57. The van der Waals surface area contributed by atoms with E-state index in [0.717, 1.165) is 4.47 Å². The van der Waals surface area contributed by atoms with E-state index in [0.29, 0.717) is 0 Å². The standard InChI is InChI=1S/C17H14BrClS/c1-10-6-11(2)8-12(7-10)16(19)14-9-20-17-13(14)4-3-5-15(17)18/h3-9,16H,1-2H3. The first-order chi connectivity index (χ1) is 9.56. The first kappa shape index (κ1) is 14.1. The van der Waals surface area contributed by atoms with Crippen molar-refractivity contribution >= 4 is 49.0 Å². The molecule has 0 saturated heterocycles. The number of thiophene rings is 1. The lowest BCUT2D eigenvalue weighted by molar-refractivity contribution is 1.15. The Kier molecular flexibility index (Phi) is 3.89. The third-order valence-corrected chi connectivity index (χ3v) is 5.85. The van der Waals surface area contributed by atoms with Crippen LogP contribution in [0.25, 0.3) is 10.1 Å². The van der Waals surface area contributed by atoms with Gasteiger partial charge in [0.15, 0.2) is 0 Å². The van der Waals surface area contributed by atoms with E-state index in [2.05, 4.69) is 71.6 Å². The Morgan fingerprint density at radius 2 is 1.80 bits per heavy atom. The van der Waals surface area contributed by atoms with Gasteiger partial charge in [-0.2, -0.15) is 0 Å². The van der Waals surface area contributed by atoms with E-state index in [1.807, 2.05) is 0 Å². The fourth-order valence-corrected chi connectivity index (χ4v) is 4.60. The maximum absolute atomic E-state index is 6.74. The van der Waals surface area contributed by atoms with Crippen molar-refractivity contribution in [1.29, 1.82) is 0 Å². The Morgan fingerprint density at radius 1 is 1.10 bits per heavy atom. The maximum atomic E-state index is 6.74. The van der Waals surface area contributed by atoms with Gasteiger partial charge in [0.1, 0.15) is 0 Å². The van der Waals surface area contributed by atoms with Crippen LogP contribution in [0.3, 0.4) is 0 Å². The zero-order chi connectivity index (χ0) is 14.3. The van der Waals surface area contributed by atoms with E-state index >= 15 is 0 Å². The van der Waals surface area contributed by atoms with Gasteiger partial charge in [-0.1, -0.05) is 41.5 Å². The molecule has 0 spiro atoms. The summed E-state index contributed by atoms with van der Waals surface area (Å²) in [5.74, 6) is 0. The Labute approximate surface area is 136 Å². The van der Waals surface area contributed by atoms with Crippen LogP contribution in [0.15, 0.2) is 46.3 Å². The SMILES string of the molecule is Cc1cc(C)cc(C(Cl)c2csc3c(Br)cccc23)c1. The van der Waals surface area contributed by atoms with Crippen LogP contribution in [0.5, 0.6) is 0 Å². The molecule has 1 unspecified atom stereocenters. The van der Waals surface area contributed by atoms with E-state index in [9.17, 15) is 0 Å². The third-order valence-electron chi connectivity index (χ3n) is 3.39. The summed E-state index contributed by atoms with van der Waals surface area (Å²) in [6.45, 7) is 4.23. The molecule has 0 fully saturated rings. The van der Waals surface area contributed by atoms with Gasteiger partial charge in [0.05, 0.1) is 5.38 Å². The number of aryl methyl sites for hydroxylation is 2. The zero-order valence-corrected chi connectivity index (χ0v) is 14.4. The number of fused-ring (bicyclic) bond motifs is 1. The van der Waals surface area contributed by atoms with E-state index in [4.69, 9.17) is 11.6 Å². The monoisotopic (exact) mass is 364 g/mol. The lowest BCUT2D eigenvalue weighted by Crippen LogP contribution is -1.94. The topological polar surface area (TPSA) is 0 Å². The number of alkyl halides is 1. The molecule has 1 heterocycles.